The van der Waals surface area contributed by atoms with Gasteiger partial charge >= 0.3 is 0 Å². The molecule has 0 aromatic heterocycles. The normalized spacial score (nSPS) is 29.4. The van der Waals surface area contributed by atoms with Gasteiger partial charge in [-0.25, -0.2) is 0 Å². The molecule has 1 aromatic rings. The van der Waals surface area contributed by atoms with Gasteiger partial charge in [0.15, 0.2) is 5.78 Å². The van der Waals surface area contributed by atoms with Crippen molar-refractivity contribution in [1.29, 1.82) is 0 Å². The Kier molecular flexibility index (Phi) is 3.24. The lowest BCUT2D eigenvalue weighted by Crippen LogP contribution is -2.44. The van der Waals surface area contributed by atoms with E-state index in [1.807, 2.05) is 0 Å². The van der Waals surface area contributed by atoms with Crippen LogP contribution >= 0.6 is 0 Å². The summed E-state index contributed by atoms with van der Waals surface area (Å²) in [6, 6.07) is 3.84. The van der Waals surface area contributed by atoms with Gasteiger partial charge in [-0.2, -0.15) is 5.10 Å². The van der Waals surface area contributed by atoms with E-state index in [2.05, 4.69) is 10.4 Å². The summed E-state index contributed by atoms with van der Waals surface area (Å²) in [7, 11) is 0. The number of rotatable bonds is 3. The fourth-order valence-electron chi connectivity index (χ4n) is 3.70. The molecule has 4 rings (SSSR count). The number of ketones is 1. The van der Waals surface area contributed by atoms with E-state index in [9.17, 15) is 24.5 Å². The number of fused-ring (bicyclic) bond motifs is 3. The van der Waals surface area contributed by atoms with E-state index in [-0.39, 0.29) is 11.3 Å². The zero-order chi connectivity index (χ0) is 17.7. The maximum Gasteiger partial charge on any atom is 0.270 e. The van der Waals surface area contributed by atoms with Crippen LogP contribution in [-0.4, -0.2) is 45.8 Å². The van der Waals surface area contributed by atoms with Gasteiger partial charge in [0.1, 0.15) is 6.04 Å². The monoisotopic (exact) mass is 340 g/mol. The molecule has 4 atom stereocenters. The number of imide groups is 1. The van der Waals surface area contributed by atoms with Gasteiger partial charge in [0.25, 0.3) is 5.69 Å². The first-order valence-electron chi connectivity index (χ1n) is 7.61. The van der Waals surface area contributed by atoms with Gasteiger partial charge in [0.05, 0.1) is 22.8 Å². The summed E-state index contributed by atoms with van der Waals surface area (Å²) in [5.41, 5.74) is -0.110. The van der Waals surface area contributed by atoms with E-state index >= 15 is 0 Å². The lowest BCUT2D eigenvalue weighted by Gasteiger charge is -2.28. The van der Waals surface area contributed by atoms with Crippen LogP contribution in [0.5, 0.6) is 0 Å². The molecule has 2 amide bonds. The van der Waals surface area contributed by atoms with E-state index in [0.717, 1.165) is 0 Å². The first-order chi connectivity index (χ1) is 12.0. The summed E-state index contributed by atoms with van der Waals surface area (Å²) >= 11 is 0. The third-order valence-electron chi connectivity index (χ3n) is 4.74. The second-order valence-corrected chi connectivity index (χ2v) is 6.04. The van der Waals surface area contributed by atoms with Crippen LogP contribution in [0.15, 0.2) is 41.5 Å². The van der Waals surface area contributed by atoms with Crippen LogP contribution in [0.2, 0.25) is 0 Å². The Balaban J connectivity index is 1.76. The van der Waals surface area contributed by atoms with Crippen molar-refractivity contribution in [2.24, 2.45) is 16.9 Å². The third-order valence-corrected chi connectivity index (χ3v) is 4.74. The number of carbonyl (C=O) groups excluding carboxylic acids is 3. The number of hydrazone groups is 1. The fourth-order valence-corrected chi connectivity index (χ4v) is 3.70. The lowest BCUT2D eigenvalue weighted by atomic mass is 9.86. The minimum Gasteiger partial charge on any atom is -0.296 e. The predicted molar refractivity (Wildman–Crippen MR) is 84.6 cm³/mol. The number of nitrogens with one attached hydrogen (secondary N) is 1. The summed E-state index contributed by atoms with van der Waals surface area (Å²) in [4.78, 5) is 47.7. The highest BCUT2D eigenvalue weighted by Crippen LogP contribution is 2.42. The average Bonchev–Trinajstić information content (AvgIpc) is 3.10. The van der Waals surface area contributed by atoms with Gasteiger partial charge < -0.3 is 0 Å². The summed E-state index contributed by atoms with van der Waals surface area (Å²) in [5, 5.41) is 18.8. The molecule has 1 N–H and O–H groups in total. The lowest BCUT2D eigenvalue weighted by molar-refractivity contribution is -0.384. The van der Waals surface area contributed by atoms with E-state index in [4.69, 9.17) is 0 Å². The Morgan fingerprint density at radius 1 is 1.24 bits per heavy atom. The van der Waals surface area contributed by atoms with Crippen molar-refractivity contribution < 1.29 is 19.3 Å². The van der Waals surface area contributed by atoms with Crippen LogP contribution in [0.3, 0.4) is 0 Å². The highest BCUT2D eigenvalue weighted by atomic mass is 16.6. The zero-order valence-electron chi connectivity index (χ0n) is 12.7. The molecule has 0 bridgehead atoms. The number of hydrogen-bond donors (Lipinski definition) is 1. The van der Waals surface area contributed by atoms with Crippen LogP contribution in [0, 0.1) is 22.0 Å². The summed E-state index contributed by atoms with van der Waals surface area (Å²) in [6.07, 6.45) is 4.87. The number of nitro benzene ring substituents is 1. The molecule has 3 heterocycles. The highest BCUT2D eigenvalue weighted by Gasteiger charge is 2.61. The van der Waals surface area contributed by atoms with Crippen molar-refractivity contribution in [3.63, 3.8) is 0 Å². The molecule has 9 heteroatoms. The van der Waals surface area contributed by atoms with E-state index in [1.54, 1.807) is 12.2 Å². The summed E-state index contributed by atoms with van der Waals surface area (Å²) in [6.45, 7) is 0. The van der Waals surface area contributed by atoms with Crippen molar-refractivity contribution in [2.75, 3.05) is 0 Å². The second-order valence-electron chi connectivity index (χ2n) is 6.04. The average molecular weight is 340 g/mol. The van der Waals surface area contributed by atoms with Crippen LogP contribution < -0.4 is 5.32 Å². The minimum absolute atomic E-state index is 0.107. The predicted octanol–water partition coefficient (Wildman–Crippen LogP) is 0.275. The Labute approximate surface area is 141 Å². The third kappa shape index (κ3) is 2.16. The Morgan fingerprint density at radius 3 is 2.76 bits per heavy atom. The molecule has 0 saturated carbocycles. The van der Waals surface area contributed by atoms with Crippen LogP contribution in [-0.2, 0) is 9.59 Å². The first-order valence-corrected chi connectivity index (χ1v) is 7.61. The zero-order valence-corrected chi connectivity index (χ0v) is 12.7. The number of hydrogen-bond acceptors (Lipinski definition) is 7. The van der Waals surface area contributed by atoms with Crippen LogP contribution in [0.1, 0.15) is 10.4 Å². The number of non-ortho nitro benzene ring substituents is 1. The number of benzene rings is 1. The van der Waals surface area contributed by atoms with Gasteiger partial charge in [-0.15, -0.1) is 0 Å². The number of nitro groups is 1. The maximum absolute atomic E-state index is 13.0. The number of carbonyl (C=O) groups is 3. The Morgan fingerprint density at radius 2 is 2.00 bits per heavy atom. The number of nitrogens with zero attached hydrogens (tertiary/aromatic N) is 3. The second kappa shape index (κ2) is 5.33. The maximum atomic E-state index is 13.0. The van der Waals surface area contributed by atoms with Crippen molar-refractivity contribution in [3.05, 3.63) is 52.1 Å². The van der Waals surface area contributed by atoms with E-state index < -0.39 is 46.4 Å². The van der Waals surface area contributed by atoms with Gasteiger partial charge in [0.2, 0.25) is 11.8 Å². The summed E-state index contributed by atoms with van der Waals surface area (Å²) in [5.74, 6) is -2.99. The number of Topliss-reactive ketones (excluding diaryl/α,β-unsaturated/α-hetero) is 1. The quantitative estimate of drug-likeness (QED) is 0.365. The van der Waals surface area contributed by atoms with Crippen molar-refractivity contribution in [3.8, 4) is 0 Å². The molecule has 0 spiro atoms. The Bertz CT molecular complexity index is 877. The molecule has 3 aliphatic heterocycles. The van der Waals surface area contributed by atoms with Crippen molar-refractivity contribution in [1.82, 2.24) is 10.3 Å². The SMILES string of the molecule is O=C1NC(=O)[C@H]2[C@H]1[C@H]1C=CC=NN1[C@H]2C(=O)c1cccc([N+](=O)[O-])c1. The standard InChI is InChI=1S/C16H12N4O5/c21-14(8-3-1-4-9(7-8)20(24)25)13-12-11(15(22)18-16(12)23)10-5-2-6-17-19(10)13/h1-7,10-13H,(H,18,22,23)/t10-,11-,12+,13-/m1/s1. The molecule has 0 radical (unpaired) electrons. The van der Waals surface area contributed by atoms with Crippen LogP contribution in [0.25, 0.3) is 0 Å². The van der Waals surface area contributed by atoms with E-state index in [0.29, 0.717) is 0 Å². The van der Waals surface area contributed by atoms with Gasteiger partial charge in [-0.3, -0.25) is 34.8 Å². The molecule has 0 unspecified atom stereocenters. The van der Waals surface area contributed by atoms with Crippen LogP contribution in [0.4, 0.5) is 5.69 Å². The minimum atomic E-state index is -0.982. The molecule has 126 valence electrons. The van der Waals surface area contributed by atoms with Gasteiger partial charge in [0, 0.05) is 23.9 Å². The molecule has 1 aromatic carbocycles. The molecular weight excluding hydrogens is 328 g/mol. The first kappa shape index (κ1) is 15.2. The number of amides is 2. The fraction of sp³-hybridized carbons (Fsp3) is 0.250. The summed E-state index contributed by atoms with van der Waals surface area (Å²) < 4.78 is 0. The Hall–Kier alpha value is -3.36. The molecule has 9 nitrogen and oxygen atoms in total. The molecular formula is C16H12N4O5. The van der Waals surface area contributed by atoms with Crippen molar-refractivity contribution in [2.45, 2.75) is 12.1 Å². The van der Waals surface area contributed by atoms with Crippen molar-refractivity contribution >= 4 is 29.5 Å². The van der Waals surface area contributed by atoms with Gasteiger partial charge in [-0.05, 0) is 6.08 Å². The topological polar surface area (TPSA) is 122 Å². The van der Waals surface area contributed by atoms with Gasteiger partial charge in [-0.1, -0.05) is 18.2 Å². The molecule has 3 aliphatic rings. The number of allylic oxidation sites excluding steroid dienone is 1. The molecule has 2 fully saturated rings. The molecule has 25 heavy (non-hydrogen) atoms. The molecule has 0 aliphatic carbocycles. The molecule has 2 saturated heterocycles. The highest BCUT2D eigenvalue weighted by molar-refractivity contribution is 6.12. The largest absolute Gasteiger partial charge is 0.296 e. The van der Waals surface area contributed by atoms with E-state index in [1.165, 1.54) is 35.5 Å². The smallest absolute Gasteiger partial charge is 0.270 e.